The summed E-state index contributed by atoms with van der Waals surface area (Å²) < 4.78 is 31.6. The summed E-state index contributed by atoms with van der Waals surface area (Å²) in [5.41, 5.74) is 3.41. The first-order valence-corrected chi connectivity index (χ1v) is 11.9. The van der Waals surface area contributed by atoms with E-state index in [0.717, 1.165) is 5.56 Å². The molecule has 4 aromatic rings. The lowest BCUT2D eigenvalue weighted by Crippen LogP contribution is -2.16. The van der Waals surface area contributed by atoms with Crippen molar-refractivity contribution in [2.75, 3.05) is 22.9 Å². The molecule has 2 aromatic carbocycles. The van der Waals surface area contributed by atoms with Crippen molar-refractivity contribution in [1.29, 1.82) is 0 Å². The molecule has 8 nitrogen and oxygen atoms in total. The van der Waals surface area contributed by atoms with Gasteiger partial charge >= 0.3 is 0 Å². The quantitative estimate of drug-likeness (QED) is 0.423. The van der Waals surface area contributed by atoms with Gasteiger partial charge in [-0.1, -0.05) is 18.2 Å². The average Bonchev–Trinajstić information content (AvgIpc) is 2.84. The molecule has 2 aromatic heterocycles. The van der Waals surface area contributed by atoms with E-state index < -0.39 is 10.0 Å². The number of fused-ring (bicyclic) bond motifs is 1. The van der Waals surface area contributed by atoms with Gasteiger partial charge in [-0.15, -0.1) is 0 Å². The molecule has 0 spiro atoms. The third-order valence-corrected chi connectivity index (χ3v) is 6.33. The van der Waals surface area contributed by atoms with E-state index in [2.05, 4.69) is 20.0 Å². The molecule has 0 bridgehead atoms. The minimum absolute atomic E-state index is 0.0659. The SMILES string of the molecule is CCS(=O)(=O)Nc1ccc(NC(=O)c2cc(-c3ccncc3)nc3ccccc23)cc1OC. The number of pyridine rings is 2. The Morgan fingerprint density at radius 1 is 1.03 bits per heavy atom. The van der Waals surface area contributed by atoms with Gasteiger partial charge in [-0.25, -0.2) is 13.4 Å². The van der Waals surface area contributed by atoms with Crippen LogP contribution in [0.25, 0.3) is 22.2 Å². The lowest BCUT2D eigenvalue weighted by Gasteiger charge is -2.14. The van der Waals surface area contributed by atoms with Crippen LogP contribution in [0.5, 0.6) is 5.75 Å². The van der Waals surface area contributed by atoms with Crippen LogP contribution in [-0.4, -0.2) is 37.2 Å². The van der Waals surface area contributed by atoms with Gasteiger partial charge in [0.1, 0.15) is 5.75 Å². The van der Waals surface area contributed by atoms with E-state index in [4.69, 9.17) is 4.74 Å². The van der Waals surface area contributed by atoms with E-state index in [0.29, 0.717) is 39.3 Å². The first kappa shape index (κ1) is 22.2. The zero-order valence-electron chi connectivity index (χ0n) is 18.1. The largest absolute Gasteiger partial charge is 0.494 e. The van der Waals surface area contributed by atoms with E-state index >= 15 is 0 Å². The molecule has 168 valence electrons. The Bertz CT molecular complexity index is 1420. The molecule has 0 unspecified atom stereocenters. The molecule has 33 heavy (non-hydrogen) atoms. The number of methoxy groups -OCH3 is 1. The molecule has 0 radical (unpaired) electrons. The van der Waals surface area contributed by atoms with Gasteiger partial charge in [0.05, 0.1) is 35.3 Å². The molecule has 1 amide bonds. The number of anilines is 2. The molecule has 4 rings (SSSR count). The van der Waals surface area contributed by atoms with Crippen LogP contribution in [0.3, 0.4) is 0 Å². The highest BCUT2D eigenvalue weighted by molar-refractivity contribution is 7.92. The fraction of sp³-hybridized carbons (Fsp3) is 0.125. The maximum absolute atomic E-state index is 13.3. The van der Waals surface area contributed by atoms with Crippen LogP contribution in [0.4, 0.5) is 11.4 Å². The molecule has 0 atom stereocenters. The summed E-state index contributed by atoms with van der Waals surface area (Å²) in [4.78, 5) is 22.0. The van der Waals surface area contributed by atoms with Crippen molar-refractivity contribution in [1.82, 2.24) is 9.97 Å². The highest BCUT2D eigenvalue weighted by atomic mass is 32.2. The van der Waals surface area contributed by atoms with E-state index in [1.807, 2.05) is 36.4 Å². The fourth-order valence-corrected chi connectivity index (χ4v) is 3.97. The van der Waals surface area contributed by atoms with E-state index in [9.17, 15) is 13.2 Å². The second-order valence-corrected chi connectivity index (χ2v) is 9.19. The monoisotopic (exact) mass is 462 g/mol. The summed E-state index contributed by atoms with van der Waals surface area (Å²) in [6.45, 7) is 1.54. The summed E-state index contributed by atoms with van der Waals surface area (Å²) >= 11 is 0. The highest BCUT2D eigenvalue weighted by Crippen LogP contribution is 2.30. The standard InChI is InChI=1S/C24H22N4O4S/c1-3-33(30,31)28-21-9-8-17(14-23(21)32-2)26-24(29)19-15-22(16-10-12-25-13-11-16)27-20-7-5-4-6-18(19)20/h4-15,28H,3H2,1-2H3,(H,26,29). The van der Waals surface area contributed by atoms with Crippen LogP contribution in [0.1, 0.15) is 17.3 Å². The number of carbonyl (C=O) groups is 1. The number of hydrogen-bond donors (Lipinski definition) is 2. The van der Waals surface area contributed by atoms with Crippen molar-refractivity contribution in [3.8, 4) is 17.0 Å². The Labute approximate surface area is 191 Å². The van der Waals surface area contributed by atoms with E-state index in [-0.39, 0.29) is 11.7 Å². The number of carbonyl (C=O) groups excluding carboxylic acids is 1. The molecule has 0 aliphatic carbocycles. The van der Waals surface area contributed by atoms with Gasteiger partial charge in [0, 0.05) is 35.1 Å². The number of sulfonamides is 1. The van der Waals surface area contributed by atoms with Crippen LogP contribution < -0.4 is 14.8 Å². The zero-order valence-corrected chi connectivity index (χ0v) is 18.9. The third kappa shape index (κ3) is 4.93. The number of para-hydroxylation sites is 1. The van der Waals surface area contributed by atoms with Crippen LogP contribution >= 0.6 is 0 Å². The number of amides is 1. The number of hydrogen-bond acceptors (Lipinski definition) is 6. The first-order valence-electron chi connectivity index (χ1n) is 10.2. The Morgan fingerprint density at radius 3 is 2.52 bits per heavy atom. The molecule has 0 saturated carbocycles. The predicted octanol–water partition coefficient (Wildman–Crippen LogP) is 4.32. The number of ether oxygens (including phenoxy) is 1. The van der Waals surface area contributed by atoms with Crippen LogP contribution in [0.2, 0.25) is 0 Å². The molecular formula is C24H22N4O4S. The summed E-state index contributed by atoms with van der Waals surface area (Å²) in [6.07, 6.45) is 3.35. The Hall–Kier alpha value is -3.98. The molecule has 0 saturated heterocycles. The second kappa shape index (κ2) is 9.25. The zero-order chi connectivity index (χ0) is 23.4. The van der Waals surface area contributed by atoms with Crippen molar-refractivity contribution in [3.05, 3.63) is 78.6 Å². The smallest absolute Gasteiger partial charge is 0.256 e. The fourth-order valence-electron chi connectivity index (χ4n) is 3.33. The van der Waals surface area contributed by atoms with Crippen molar-refractivity contribution in [2.45, 2.75) is 6.92 Å². The molecule has 0 aliphatic rings. The van der Waals surface area contributed by atoms with Crippen LogP contribution in [-0.2, 0) is 10.0 Å². The Kier molecular flexibility index (Phi) is 6.23. The van der Waals surface area contributed by atoms with Gasteiger partial charge in [0.15, 0.2) is 0 Å². The van der Waals surface area contributed by atoms with Crippen LogP contribution in [0.15, 0.2) is 73.1 Å². The van der Waals surface area contributed by atoms with Gasteiger partial charge in [0.25, 0.3) is 5.91 Å². The van der Waals surface area contributed by atoms with Gasteiger partial charge in [-0.05, 0) is 43.3 Å². The van der Waals surface area contributed by atoms with Gasteiger partial charge in [0.2, 0.25) is 10.0 Å². The molecule has 2 N–H and O–H groups in total. The van der Waals surface area contributed by atoms with Gasteiger partial charge in [-0.2, -0.15) is 0 Å². The van der Waals surface area contributed by atoms with Crippen molar-refractivity contribution in [2.24, 2.45) is 0 Å². The van der Waals surface area contributed by atoms with Gasteiger partial charge in [-0.3, -0.25) is 14.5 Å². The summed E-state index contributed by atoms with van der Waals surface area (Å²) in [7, 11) is -2.04. The maximum Gasteiger partial charge on any atom is 0.256 e. The molecule has 0 aliphatic heterocycles. The number of benzene rings is 2. The lowest BCUT2D eigenvalue weighted by atomic mass is 10.0. The first-order chi connectivity index (χ1) is 15.9. The second-order valence-electron chi connectivity index (χ2n) is 7.18. The Morgan fingerprint density at radius 2 is 1.79 bits per heavy atom. The molecular weight excluding hydrogens is 440 g/mol. The normalized spacial score (nSPS) is 11.2. The topological polar surface area (TPSA) is 110 Å². The number of aromatic nitrogens is 2. The molecule has 2 heterocycles. The Balaban J connectivity index is 1.69. The number of rotatable bonds is 7. The van der Waals surface area contributed by atoms with E-state index in [1.54, 1.807) is 43.6 Å². The van der Waals surface area contributed by atoms with Crippen molar-refractivity contribution < 1.29 is 17.9 Å². The number of nitrogens with zero attached hydrogens (tertiary/aromatic N) is 2. The molecule has 0 fully saturated rings. The summed E-state index contributed by atoms with van der Waals surface area (Å²) in [5, 5.41) is 3.59. The summed E-state index contributed by atoms with van der Waals surface area (Å²) in [5.74, 6) is -0.0986. The molecule has 9 heteroatoms. The third-order valence-electron chi connectivity index (χ3n) is 5.04. The lowest BCUT2D eigenvalue weighted by molar-refractivity contribution is 0.102. The average molecular weight is 463 g/mol. The van der Waals surface area contributed by atoms with Crippen molar-refractivity contribution >= 4 is 38.2 Å². The number of nitrogens with one attached hydrogen (secondary N) is 2. The highest BCUT2D eigenvalue weighted by Gasteiger charge is 2.16. The van der Waals surface area contributed by atoms with Crippen LogP contribution in [0, 0.1) is 0 Å². The van der Waals surface area contributed by atoms with Crippen molar-refractivity contribution in [3.63, 3.8) is 0 Å². The minimum Gasteiger partial charge on any atom is -0.494 e. The minimum atomic E-state index is -3.47. The van der Waals surface area contributed by atoms with E-state index in [1.165, 1.54) is 7.11 Å². The summed E-state index contributed by atoms with van der Waals surface area (Å²) in [6, 6.07) is 17.6. The predicted molar refractivity (Wildman–Crippen MR) is 129 cm³/mol. The maximum atomic E-state index is 13.3. The van der Waals surface area contributed by atoms with Gasteiger partial charge < -0.3 is 10.1 Å².